The average Bonchev–Trinajstić information content (AvgIpc) is 2.15. The van der Waals surface area contributed by atoms with Gasteiger partial charge in [0.05, 0.1) is 5.25 Å². The Morgan fingerprint density at radius 2 is 2.00 bits per heavy atom. The first-order valence-electron chi connectivity index (χ1n) is 5.16. The van der Waals surface area contributed by atoms with Crippen LogP contribution in [0.1, 0.15) is 39.0 Å². The second kappa shape index (κ2) is 4.43. The van der Waals surface area contributed by atoms with Crippen molar-refractivity contribution in [3.63, 3.8) is 0 Å². The molecular weight excluding hydrogens is 200 g/mol. The number of Topliss-reactive ketones (excluding diaryl/α,β-unsaturated/α-hetero) is 1. The molecule has 0 aromatic carbocycles. The number of hydrogen-bond donors (Lipinski definition) is 0. The fraction of sp³-hybridized carbons (Fsp3) is 0.900. The number of hydrogen-bond acceptors (Lipinski definition) is 3. The van der Waals surface area contributed by atoms with E-state index in [4.69, 9.17) is 0 Å². The van der Waals surface area contributed by atoms with Crippen LogP contribution in [0.25, 0.3) is 0 Å². The monoisotopic (exact) mass is 218 g/mol. The third-order valence-corrected chi connectivity index (χ3v) is 4.67. The molecule has 1 saturated carbocycles. The van der Waals surface area contributed by atoms with E-state index >= 15 is 0 Å². The van der Waals surface area contributed by atoms with Crippen molar-refractivity contribution in [2.45, 2.75) is 44.3 Å². The molecule has 14 heavy (non-hydrogen) atoms. The second-order valence-electron chi connectivity index (χ2n) is 4.13. The van der Waals surface area contributed by atoms with E-state index in [0.29, 0.717) is 12.8 Å². The highest BCUT2D eigenvalue weighted by Crippen LogP contribution is 2.29. The Morgan fingerprint density at radius 1 is 1.36 bits per heavy atom. The molecule has 0 bridgehead atoms. The largest absolute Gasteiger partial charge is 0.299 e. The zero-order valence-corrected chi connectivity index (χ0v) is 9.64. The Kier molecular flexibility index (Phi) is 3.70. The summed E-state index contributed by atoms with van der Waals surface area (Å²) in [5, 5.41) is -0.281. The van der Waals surface area contributed by atoms with Gasteiger partial charge < -0.3 is 0 Å². The van der Waals surface area contributed by atoms with E-state index in [2.05, 4.69) is 0 Å². The van der Waals surface area contributed by atoms with Gasteiger partial charge in [-0.2, -0.15) is 0 Å². The van der Waals surface area contributed by atoms with Gasteiger partial charge in [-0.25, -0.2) is 8.42 Å². The molecule has 0 saturated heterocycles. The Balaban J connectivity index is 2.65. The first-order chi connectivity index (χ1) is 6.45. The maximum absolute atomic E-state index is 11.4. The van der Waals surface area contributed by atoms with E-state index in [-0.39, 0.29) is 17.0 Å². The van der Waals surface area contributed by atoms with E-state index in [9.17, 15) is 13.2 Å². The van der Waals surface area contributed by atoms with Crippen molar-refractivity contribution in [2.24, 2.45) is 5.92 Å². The van der Waals surface area contributed by atoms with Crippen LogP contribution in [0.4, 0.5) is 0 Å². The van der Waals surface area contributed by atoms with Crippen LogP contribution in [-0.4, -0.2) is 25.7 Å². The molecule has 1 rings (SSSR count). The molecule has 2 atom stereocenters. The lowest BCUT2D eigenvalue weighted by molar-refractivity contribution is -0.123. The molecule has 4 heteroatoms. The van der Waals surface area contributed by atoms with Crippen molar-refractivity contribution in [2.75, 3.05) is 6.26 Å². The smallest absolute Gasteiger partial charge is 0.150 e. The Bertz CT molecular complexity index is 305. The standard InChI is InChI=1S/C10H18O3S/c1-3-10(11)8-5-4-6-9(7-8)14(2,12)13/h8-9H,3-7H2,1-2H3. The number of rotatable bonds is 3. The minimum Gasteiger partial charge on any atom is -0.299 e. The number of carbonyl (C=O) groups excluding carboxylic acids is 1. The van der Waals surface area contributed by atoms with Crippen molar-refractivity contribution in [3.05, 3.63) is 0 Å². The minimum atomic E-state index is -2.95. The summed E-state index contributed by atoms with van der Waals surface area (Å²) in [6.45, 7) is 1.84. The lowest BCUT2D eigenvalue weighted by atomic mass is 9.85. The van der Waals surface area contributed by atoms with E-state index in [0.717, 1.165) is 19.3 Å². The molecule has 0 N–H and O–H groups in total. The van der Waals surface area contributed by atoms with E-state index < -0.39 is 9.84 Å². The van der Waals surface area contributed by atoms with Crippen molar-refractivity contribution in [3.8, 4) is 0 Å². The van der Waals surface area contributed by atoms with Crippen LogP contribution in [0.2, 0.25) is 0 Å². The molecule has 3 nitrogen and oxygen atoms in total. The fourth-order valence-electron chi connectivity index (χ4n) is 2.11. The highest BCUT2D eigenvalue weighted by Gasteiger charge is 2.31. The normalized spacial score (nSPS) is 28.7. The minimum absolute atomic E-state index is 0.00604. The highest BCUT2D eigenvalue weighted by molar-refractivity contribution is 7.91. The molecule has 2 unspecified atom stereocenters. The first kappa shape index (κ1) is 11.7. The molecule has 1 fully saturated rings. The number of carbonyl (C=O) groups is 1. The lowest BCUT2D eigenvalue weighted by Gasteiger charge is -2.26. The van der Waals surface area contributed by atoms with Gasteiger partial charge in [-0.3, -0.25) is 4.79 Å². The van der Waals surface area contributed by atoms with Gasteiger partial charge in [0, 0.05) is 18.6 Å². The summed E-state index contributed by atoms with van der Waals surface area (Å²) in [6, 6.07) is 0. The van der Waals surface area contributed by atoms with Crippen molar-refractivity contribution in [1.82, 2.24) is 0 Å². The summed E-state index contributed by atoms with van der Waals surface area (Å²) >= 11 is 0. The Hall–Kier alpha value is -0.380. The van der Waals surface area contributed by atoms with Crippen LogP contribution in [0, 0.1) is 5.92 Å². The van der Waals surface area contributed by atoms with Gasteiger partial charge in [0.25, 0.3) is 0 Å². The second-order valence-corrected chi connectivity index (χ2v) is 6.46. The first-order valence-corrected chi connectivity index (χ1v) is 7.12. The van der Waals surface area contributed by atoms with Gasteiger partial charge in [0.15, 0.2) is 0 Å². The zero-order valence-electron chi connectivity index (χ0n) is 8.82. The van der Waals surface area contributed by atoms with Crippen LogP contribution in [0.5, 0.6) is 0 Å². The summed E-state index contributed by atoms with van der Waals surface area (Å²) < 4.78 is 22.7. The molecular formula is C10H18O3S. The van der Waals surface area contributed by atoms with Gasteiger partial charge >= 0.3 is 0 Å². The molecule has 1 aliphatic carbocycles. The maximum Gasteiger partial charge on any atom is 0.150 e. The van der Waals surface area contributed by atoms with Gasteiger partial charge in [0.1, 0.15) is 15.6 Å². The molecule has 0 aromatic rings. The van der Waals surface area contributed by atoms with Crippen molar-refractivity contribution < 1.29 is 13.2 Å². The highest BCUT2D eigenvalue weighted by atomic mass is 32.2. The lowest BCUT2D eigenvalue weighted by Crippen LogP contribution is -2.30. The van der Waals surface area contributed by atoms with Crippen LogP contribution in [0.15, 0.2) is 0 Å². The summed E-state index contributed by atoms with van der Waals surface area (Å²) in [5.74, 6) is 0.215. The topological polar surface area (TPSA) is 51.2 Å². The summed E-state index contributed by atoms with van der Waals surface area (Å²) in [7, 11) is -2.95. The third kappa shape index (κ3) is 2.80. The molecule has 0 spiro atoms. The summed E-state index contributed by atoms with van der Waals surface area (Å²) in [5.41, 5.74) is 0. The molecule has 0 heterocycles. The van der Waals surface area contributed by atoms with Gasteiger partial charge in [0.2, 0.25) is 0 Å². The summed E-state index contributed by atoms with van der Waals surface area (Å²) in [4.78, 5) is 11.4. The molecule has 0 aromatic heterocycles. The maximum atomic E-state index is 11.4. The Morgan fingerprint density at radius 3 is 2.50 bits per heavy atom. The van der Waals surface area contributed by atoms with E-state index in [1.54, 1.807) is 0 Å². The van der Waals surface area contributed by atoms with E-state index in [1.165, 1.54) is 6.26 Å². The van der Waals surface area contributed by atoms with Crippen molar-refractivity contribution in [1.29, 1.82) is 0 Å². The quantitative estimate of drug-likeness (QED) is 0.722. The fourth-order valence-corrected chi connectivity index (χ4v) is 3.29. The van der Waals surface area contributed by atoms with Gasteiger partial charge in [-0.1, -0.05) is 13.3 Å². The van der Waals surface area contributed by atoms with Crippen molar-refractivity contribution >= 4 is 15.6 Å². The van der Waals surface area contributed by atoms with Gasteiger partial charge in [-0.05, 0) is 19.3 Å². The van der Waals surface area contributed by atoms with E-state index in [1.807, 2.05) is 6.92 Å². The van der Waals surface area contributed by atoms with Crippen LogP contribution in [0.3, 0.4) is 0 Å². The predicted molar refractivity (Wildman–Crippen MR) is 55.9 cm³/mol. The summed E-state index contributed by atoms with van der Waals surface area (Å²) in [6.07, 6.45) is 4.82. The zero-order chi connectivity index (χ0) is 10.8. The third-order valence-electron chi connectivity index (χ3n) is 3.04. The van der Waals surface area contributed by atoms with Crippen LogP contribution < -0.4 is 0 Å². The molecule has 0 amide bonds. The molecule has 0 aliphatic heterocycles. The molecule has 82 valence electrons. The molecule has 0 radical (unpaired) electrons. The number of ketones is 1. The predicted octanol–water partition coefficient (Wildman–Crippen LogP) is 1.57. The van der Waals surface area contributed by atoms with Gasteiger partial charge in [-0.15, -0.1) is 0 Å². The Labute approximate surface area is 85.8 Å². The van der Waals surface area contributed by atoms with Crippen LogP contribution in [-0.2, 0) is 14.6 Å². The van der Waals surface area contributed by atoms with Crippen LogP contribution >= 0.6 is 0 Å². The average molecular weight is 218 g/mol. The molecule has 1 aliphatic rings. The number of sulfone groups is 1. The SMILES string of the molecule is CCC(=O)C1CCCC(S(C)(=O)=O)C1.